The molecule has 0 aliphatic carbocycles. The van der Waals surface area contributed by atoms with Crippen molar-refractivity contribution >= 4 is 12.0 Å². The first-order valence-electron chi connectivity index (χ1n) is 10.8. The molecule has 1 heterocycles. The highest BCUT2D eigenvalue weighted by atomic mass is 19.1. The van der Waals surface area contributed by atoms with Gasteiger partial charge in [-0.1, -0.05) is 18.2 Å². The zero-order valence-corrected chi connectivity index (χ0v) is 18.7. The second kappa shape index (κ2) is 12.2. The van der Waals surface area contributed by atoms with E-state index in [0.29, 0.717) is 24.8 Å². The lowest BCUT2D eigenvalue weighted by Gasteiger charge is -2.31. The van der Waals surface area contributed by atoms with Gasteiger partial charge in [0.05, 0.1) is 7.11 Å². The Kier molecular flexibility index (Phi) is 9.07. The molecule has 1 N–H and O–H groups in total. The summed E-state index contributed by atoms with van der Waals surface area (Å²) in [6.07, 6.45) is 5.07. The Morgan fingerprint density at radius 2 is 2.06 bits per heavy atom. The number of hydrogen-bond donors (Lipinski definition) is 1. The lowest BCUT2D eigenvalue weighted by atomic mass is 10.1. The maximum atomic E-state index is 13.7. The Hall–Kier alpha value is -2.90. The number of amides is 1. The molecule has 0 saturated carbocycles. The summed E-state index contributed by atoms with van der Waals surface area (Å²) < 4.78 is 29.9. The molecule has 172 valence electrons. The van der Waals surface area contributed by atoms with E-state index in [2.05, 4.69) is 17.3 Å². The molecule has 2 aromatic carbocycles. The lowest BCUT2D eigenvalue weighted by molar-refractivity contribution is -0.116. The first-order valence-corrected chi connectivity index (χ1v) is 10.8. The molecule has 1 saturated heterocycles. The summed E-state index contributed by atoms with van der Waals surface area (Å²) in [5, 5.41) is 2.83. The van der Waals surface area contributed by atoms with Crippen molar-refractivity contribution in [2.75, 3.05) is 40.5 Å². The van der Waals surface area contributed by atoms with Crippen LogP contribution in [0.3, 0.4) is 0 Å². The highest BCUT2D eigenvalue weighted by Gasteiger charge is 2.17. The van der Waals surface area contributed by atoms with Gasteiger partial charge in [-0.3, -0.25) is 9.69 Å². The standard InChI is InChI=1S/C25H31FN2O4/c1-28(21-10-13-31-14-11-21)12-15-32-22-5-3-4-20(16-22)18-27-25(29)9-7-19-6-8-24(30-2)23(26)17-19/h3-9,16-17,21H,10-15,18H2,1-2H3,(H,27,29)/b9-7+. The smallest absolute Gasteiger partial charge is 0.244 e. The minimum absolute atomic E-state index is 0.170. The number of nitrogens with zero attached hydrogens (tertiary/aromatic N) is 1. The Morgan fingerprint density at radius 1 is 1.25 bits per heavy atom. The molecule has 1 aliphatic heterocycles. The fraction of sp³-hybridized carbons (Fsp3) is 0.400. The highest BCUT2D eigenvalue weighted by molar-refractivity contribution is 5.91. The largest absolute Gasteiger partial charge is 0.494 e. The molecule has 6 nitrogen and oxygen atoms in total. The van der Waals surface area contributed by atoms with E-state index >= 15 is 0 Å². The molecule has 0 aromatic heterocycles. The van der Waals surface area contributed by atoms with Crippen LogP contribution in [-0.4, -0.2) is 57.4 Å². The summed E-state index contributed by atoms with van der Waals surface area (Å²) in [7, 11) is 3.53. The van der Waals surface area contributed by atoms with Crippen LogP contribution in [0.25, 0.3) is 6.08 Å². The average molecular weight is 443 g/mol. The number of halogens is 1. The molecule has 32 heavy (non-hydrogen) atoms. The molecule has 0 unspecified atom stereocenters. The summed E-state index contributed by atoms with van der Waals surface area (Å²) >= 11 is 0. The number of likely N-dealkylation sites (N-methyl/N-ethyl adjacent to an activating group) is 1. The normalized spacial score (nSPS) is 14.6. The first-order chi connectivity index (χ1) is 15.5. The third kappa shape index (κ3) is 7.35. The van der Waals surface area contributed by atoms with Gasteiger partial charge in [-0.05, 0) is 61.4 Å². The predicted molar refractivity (Wildman–Crippen MR) is 122 cm³/mol. The van der Waals surface area contributed by atoms with E-state index in [1.54, 1.807) is 12.1 Å². The van der Waals surface area contributed by atoms with Crippen LogP contribution < -0.4 is 14.8 Å². The van der Waals surface area contributed by atoms with E-state index in [4.69, 9.17) is 14.2 Å². The van der Waals surface area contributed by atoms with Crippen LogP contribution in [0.2, 0.25) is 0 Å². The van der Waals surface area contributed by atoms with E-state index < -0.39 is 5.82 Å². The van der Waals surface area contributed by atoms with Crippen molar-refractivity contribution in [2.45, 2.75) is 25.4 Å². The maximum Gasteiger partial charge on any atom is 0.244 e. The molecule has 0 radical (unpaired) electrons. The van der Waals surface area contributed by atoms with Crippen molar-refractivity contribution in [3.63, 3.8) is 0 Å². The van der Waals surface area contributed by atoms with Crippen molar-refractivity contribution in [1.29, 1.82) is 0 Å². The lowest BCUT2D eigenvalue weighted by Crippen LogP contribution is -2.38. The Balaban J connectivity index is 1.42. The molecule has 7 heteroatoms. The summed E-state index contributed by atoms with van der Waals surface area (Å²) in [5.74, 6) is 0.224. The van der Waals surface area contributed by atoms with Crippen molar-refractivity contribution < 1.29 is 23.4 Å². The van der Waals surface area contributed by atoms with Gasteiger partial charge in [0.2, 0.25) is 5.91 Å². The van der Waals surface area contributed by atoms with E-state index in [-0.39, 0.29) is 11.7 Å². The quantitative estimate of drug-likeness (QED) is 0.569. The van der Waals surface area contributed by atoms with Crippen LogP contribution >= 0.6 is 0 Å². The van der Waals surface area contributed by atoms with E-state index in [1.165, 1.54) is 25.3 Å². The first kappa shape index (κ1) is 23.8. The van der Waals surface area contributed by atoms with Crippen LogP contribution in [0.15, 0.2) is 48.5 Å². The highest BCUT2D eigenvalue weighted by Crippen LogP contribution is 2.18. The molecular weight excluding hydrogens is 411 g/mol. The minimum Gasteiger partial charge on any atom is -0.494 e. The second-order valence-electron chi connectivity index (χ2n) is 7.77. The second-order valence-corrected chi connectivity index (χ2v) is 7.77. The van der Waals surface area contributed by atoms with E-state index in [1.807, 2.05) is 24.3 Å². The third-order valence-electron chi connectivity index (χ3n) is 5.50. The van der Waals surface area contributed by atoms with Gasteiger partial charge in [-0.15, -0.1) is 0 Å². The van der Waals surface area contributed by atoms with Gasteiger partial charge in [0.25, 0.3) is 0 Å². The van der Waals surface area contributed by atoms with Crippen LogP contribution in [0.5, 0.6) is 11.5 Å². The molecule has 3 rings (SSSR count). The SMILES string of the molecule is COc1ccc(/C=C/C(=O)NCc2cccc(OCCN(C)C3CCOCC3)c2)cc1F. The fourth-order valence-electron chi connectivity index (χ4n) is 3.57. The third-order valence-corrected chi connectivity index (χ3v) is 5.50. The van der Waals surface area contributed by atoms with Gasteiger partial charge in [0, 0.05) is 38.4 Å². The number of nitrogens with one attached hydrogen (secondary N) is 1. The van der Waals surface area contributed by atoms with Gasteiger partial charge < -0.3 is 19.5 Å². The summed E-state index contributed by atoms with van der Waals surface area (Å²) in [5.41, 5.74) is 1.53. The summed E-state index contributed by atoms with van der Waals surface area (Å²) in [6.45, 7) is 3.48. The topological polar surface area (TPSA) is 60.0 Å². The zero-order chi connectivity index (χ0) is 22.8. The number of carbonyl (C=O) groups is 1. The van der Waals surface area contributed by atoms with Crippen LogP contribution in [0, 0.1) is 5.82 Å². The fourth-order valence-corrected chi connectivity index (χ4v) is 3.57. The molecule has 1 fully saturated rings. The zero-order valence-electron chi connectivity index (χ0n) is 18.7. The maximum absolute atomic E-state index is 13.7. The Labute approximate surface area is 189 Å². The summed E-state index contributed by atoms with van der Waals surface area (Å²) in [4.78, 5) is 14.4. The number of hydrogen-bond acceptors (Lipinski definition) is 5. The van der Waals surface area contributed by atoms with Gasteiger partial charge in [-0.25, -0.2) is 4.39 Å². The van der Waals surface area contributed by atoms with Gasteiger partial charge in [0.15, 0.2) is 11.6 Å². The predicted octanol–water partition coefficient (Wildman–Crippen LogP) is 3.65. The molecule has 0 atom stereocenters. The van der Waals surface area contributed by atoms with Gasteiger partial charge in [-0.2, -0.15) is 0 Å². The number of methoxy groups -OCH3 is 1. The molecule has 0 bridgehead atoms. The Morgan fingerprint density at radius 3 is 2.81 bits per heavy atom. The van der Waals surface area contributed by atoms with E-state index in [0.717, 1.165) is 43.9 Å². The molecule has 1 aliphatic rings. The van der Waals surface area contributed by atoms with Gasteiger partial charge >= 0.3 is 0 Å². The monoisotopic (exact) mass is 442 g/mol. The van der Waals surface area contributed by atoms with E-state index in [9.17, 15) is 9.18 Å². The number of rotatable bonds is 10. The molecule has 0 spiro atoms. The van der Waals surface area contributed by atoms with Gasteiger partial charge in [0.1, 0.15) is 12.4 Å². The minimum atomic E-state index is -0.467. The van der Waals surface area contributed by atoms with Crippen molar-refractivity contribution in [2.24, 2.45) is 0 Å². The molecular formula is C25H31FN2O4. The van der Waals surface area contributed by atoms with Crippen molar-refractivity contribution in [3.8, 4) is 11.5 Å². The van der Waals surface area contributed by atoms with Crippen LogP contribution in [0.1, 0.15) is 24.0 Å². The van der Waals surface area contributed by atoms with Crippen molar-refractivity contribution in [3.05, 3.63) is 65.5 Å². The van der Waals surface area contributed by atoms with Crippen LogP contribution in [-0.2, 0) is 16.1 Å². The molecule has 1 amide bonds. The summed E-state index contributed by atoms with van der Waals surface area (Å²) in [6, 6.07) is 12.8. The molecule has 2 aromatic rings. The number of carbonyl (C=O) groups excluding carboxylic acids is 1. The van der Waals surface area contributed by atoms with Crippen molar-refractivity contribution in [1.82, 2.24) is 10.2 Å². The number of benzene rings is 2. The Bertz CT molecular complexity index is 913. The number of ether oxygens (including phenoxy) is 3. The average Bonchev–Trinajstić information content (AvgIpc) is 2.82. The van der Waals surface area contributed by atoms with Crippen LogP contribution in [0.4, 0.5) is 4.39 Å².